The van der Waals surface area contributed by atoms with E-state index in [4.69, 9.17) is 13.9 Å². The maximum absolute atomic E-state index is 10.8. The van der Waals surface area contributed by atoms with Crippen molar-refractivity contribution in [3.63, 3.8) is 0 Å². The van der Waals surface area contributed by atoms with Crippen molar-refractivity contribution < 1.29 is 19.0 Å². The van der Waals surface area contributed by atoms with Crippen LogP contribution in [0.1, 0.15) is 39.4 Å². The molecule has 0 saturated carbocycles. The van der Waals surface area contributed by atoms with E-state index < -0.39 is 14.4 Å². The standard InChI is InChI=1S/C20H34O4Si/c1-14(13-24-25(8,9)20(3,4)5)15(2)19(21)16-10-17(22-6)12-18(11-16)23-7/h10-12,15,19,21H,1,13H2,2-9H3/t15-,19+/m0/s1. The van der Waals surface area contributed by atoms with E-state index in [0.717, 1.165) is 11.1 Å². The van der Waals surface area contributed by atoms with Gasteiger partial charge < -0.3 is 19.0 Å². The normalized spacial score (nSPS) is 14.8. The zero-order valence-corrected chi connectivity index (χ0v) is 18.0. The number of rotatable bonds is 8. The molecule has 0 aliphatic heterocycles. The fourth-order valence-corrected chi connectivity index (χ4v) is 3.11. The Hall–Kier alpha value is -1.30. The quantitative estimate of drug-likeness (QED) is 0.522. The Balaban J connectivity index is 2.85. The smallest absolute Gasteiger partial charge is 0.192 e. The lowest BCUT2D eigenvalue weighted by molar-refractivity contribution is 0.127. The maximum Gasteiger partial charge on any atom is 0.192 e. The van der Waals surface area contributed by atoms with E-state index in [9.17, 15) is 5.11 Å². The van der Waals surface area contributed by atoms with Gasteiger partial charge in [0.2, 0.25) is 0 Å². The molecule has 4 nitrogen and oxygen atoms in total. The van der Waals surface area contributed by atoms with Crippen LogP contribution in [0.4, 0.5) is 0 Å². The van der Waals surface area contributed by atoms with Crippen LogP contribution in [0, 0.1) is 5.92 Å². The second-order valence-corrected chi connectivity index (χ2v) is 12.9. The third kappa shape index (κ3) is 5.59. The van der Waals surface area contributed by atoms with Crippen molar-refractivity contribution >= 4 is 8.32 Å². The molecule has 0 unspecified atom stereocenters. The number of aliphatic hydroxyl groups excluding tert-OH is 1. The Morgan fingerprint density at radius 1 is 1.12 bits per heavy atom. The predicted octanol–water partition coefficient (Wildman–Crippen LogP) is 4.95. The van der Waals surface area contributed by atoms with Crippen LogP contribution in [0.25, 0.3) is 0 Å². The molecule has 1 aromatic rings. The fraction of sp³-hybridized carbons (Fsp3) is 0.600. The largest absolute Gasteiger partial charge is 0.497 e. The summed E-state index contributed by atoms with van der Waals surface area (Å²) in [6.45, 7) is 17.6. The first-order valence-electron chi connectivity index (χ1n) is 8.65. The third-order valence-corrected chi connectivity index (χ3v) is 9.74. The average Bonchev–Trinajstić information content (AvgIpc) is 2.56. The van der Waals surface area contributed by atoms with Gasteiger partial charge in [-0.15, -0.1) is 0 Å². The van der Waals surface area contributed by atoms with Crippen LogP contribution in [0.15, 0.2) is 30.4 Å². The second-order valence-electron chi connectivity index (χ2n) is 8.09. The van der Waals surface area contributed by atoms with E-state index in [2.05, 4.69) is 40.4 Å². The molecule has 5 heteroatoms. The molecule has 142 valence electrons. The molecule has 25 heavy (non-hydrogen) atoms. The van der Waals surface area contributed by atoms with Crippen molar-refractivity contribution in [2.75, 3.05) is 20.8 Å². The van der Waals surface area contributed by atoms with Gasteiger partial charge in [0.25, 0.3) is 0 Å². The summed E-state index contributed by atoms with van der Waals surface area (Å²) in [6.07, 6.45) is -0.695. The summed E-state index contributed by atoms with van der Waals surface area (Å²) < 4.78 is 16.8. The molecule has 0 fully saturated rings. The number of methoxy groups -OCH3 is 2. The molecule has 0 amide bonds. The first-order valence-corrected chi connectivity index (χ1v) is 11.6. The molecule has 1 rings (SSSR count). The van der Waals surface area contributed by atoms with E-state index in [1.54, 1.807) is 20.3 Å². The van der Waals surface area contributed by atoms with Crippen molar-refractivity contribution in [3.8, 4) is 11.5 Å². The van der Waals surface area contributed by atoms with Crippen LogP contribution in [0.2, 0.25) is 18.1 Å². The van der Waals surface area contributed by atoms with Crippen LogP contribution in [-0.2, 0) is 4.43 Å². The minimum Gasteiger partial charge on any atom is -0.497 e. The molecule has 1 N–H and O–H groups in total. The monoisotopic (exact) mass is 366 g/mol. The SMILES string of the molecule is C=C(CO[Si](C)(C)C(C)(C)C)[C@H](C)[C@@H](O)c1cc(OC)cc(OC)c1. The molecule has 0 spiro atoms. The third-order valence-electron chi connectivity index (χ3n) is 5.26. The van der Waals surface area contributed by atoms with E-state index in [0.29, 0.717) is 18.1 Å². The zero-order valence-electron chi connectivity index (χ0n) is 17.0. The first-order chi connectivity index (χ1) is 11.4. The van der Waals surface area contributed by atoms with Crippen molar-refractivity contribution in [2.24, 2.45) is 5.92 Å². The highest BCUT2D eigenvalue weighted by Gasteiger charge is 2.37. The highest BCUT2D eigenvalue weighted by atomic mass is 28.4. The Morgan fingerprint density at radius 2 is 1.60 bits per heavy atom. The molecule has 0 saturated heterocycles. The molecule has 0 aliphatic rings. The van der Waals surface area contributed by atoms with Gasteiger partial charge in [-0.3, -0.25) is 0 Å². The summed E-state index contributed by atoms with van der Waals surface area (Å²) in [7, 11) is 1.36. The van der Waals surface area contributed by atoms with Gasteiger partial charge in [0, 0.05) is 12.0 Å². The number of ether oxygens (including phenoxy) is 2. The van der Waals surface area contributed by atoms with E-state index in [1.807, 2.05) is 19.1 Å². The van der Waals surface area contributed by atoms with E-state index in [-0.39, 0.29) is 11.0 Å². The molecule has 1 aromatic carbocycles. The van der Waals surface area contributed by atoms with Gasteiger partial charge in [-0.05, 0) is 41.4 Å². The summed E-state index contributed by atoms with van der Waals surface area (Å²) in [4.78, 5) is 0. The lowest BCUT2D eigenvalue weighted by atomic mass is 9.91. The maximum atomic E-state index is 10.8. The summed E-state index contributed by atoms with van der Waals surface area (Å²) in [5.74, 6) is 1.18. The molecule has 0 heterocycles. The molecule has 0 aliphatic carbocycles. The molecule has 2 atom stereocenters. The van der Waals surface area contributed by atoms with Crippen molar-refractivity contribution in [1.82, 2.24) is 0 Å². The summed E-state index contributed by atoms with van der Waals surface area (Å²) in [5.41, 5.74) is 1.64. The average molecular weight is 367 g/mol. The van der Waals surface area contributed by atoms with Crippen LogP contribution in [-0.4, -0.2) is 34.3 Å². The fourth-order valence-electron chi connectivity index (χ4n) is 2.13. The topological polar surface area (TPSA) is 47.9 Å². The van der Waals surface area contributed by atoms with E-state index >= 15 is 0 Å². The molecule has 0 bridgehead atoms. The Kier molecular flexibility index (Phi) is 7.29. The minimum atomic E-state index is -1.84. The van der Waals surface area contributed by atoms with Gasteiger partial charge >= 0.3 is 0 Å². The Morgan fingerprint density at radius 3 is 2.00 bits per heavy atom. The van der Waals surface area contributed by atoms with Gasteiger partial charge in [-0.2, -0.15) is 0 Å². The molecule has 0 aromatic heterocycles. The predicted molar refractivity (Wildman–Crippen MR) is 106 cm³/mol. The number of benzene rings is 1. The number of hydrogen-bond donors (Lipinski definition) is 1. The molecular formula is C20H34O4Si. The minimum absolute atomic E-state index is 0.137. The molecular weight excluding hydrogens is 332 g/mol. The van der Waals surface area contributed by atoms with Crippen LogP contribution >= 0.6 is 0 Å². The molecule has 0 radical (unpaired) electrons. The van der Waals surface area contributed by atoms with Crippen molar-refractivity contribution in [1.29, 1.82) is 0 Å². The van der Waals surface area contributed by atoms with Crippen LogP contribution in [0.3, 0.4) is 0 Å². The summed E-state index contributed by atoms with van der Waals surface area (Å²) in [5, 5.41) is 10.9. The zero-order chi connectivity index (χ0) is 19.4. The van der Waals surface area contributed by atoms with Gasteiger partial charge in [0.05, 0.1) is 26.9 Å². The van der Waals surface area contributed by atoms with Gasteiger partial charge in [0.15, 0.2) is 8.32 Å². The number of aliphatic hydroxyl groups is 1. The summed E-state index contributed by atoms with van der Waals surface area (Å²) in [6, 6.07) is 5.44. The van der Waals surface area contributed by atoms with Gasteiger partial charge in [-0.1, -0.05) is 34.3 Å². The van der Waals surface area contributed by atoms with Crippen molar-refractivity contribution in [3.05, 3.63) is 35.9 Å². The van der Waals surface area contributed by atoms with Crippen LogP contribution in [0.5, 0.6) is 11.5 Å². The second kappa shape index (κ2) is 8.38. The first kappa shape index (κ1) is 21.7. The van der Waals surface area contributed by atoms with Crippen molar-refractivity contribution in [2.45, 2.75) is 51.9 Å². The lowest BCUT2D eigenvalue weighted by Gasteiger charge is -2.37. The Labute approximate surface area is 153 Å². The van der Waals surface area contributed by atoms with E-state index in [1.165, 1.54) is 0 Å². The van der Waals surface area contributed by atoms with Gasteiger partial charge in [-0.25, -0.2) is 0 Å². The lowest BCUT2D eigenvalue weighted by Crippen LogP contribution is -2.41. The summed E-state index contributed by atoms with van der Waals surface area (Å²) >= 11 is 0. The van der Waals surface area contributed by atoms with Crippen LogP contribution < -0.4 is 9.47 Å². The highest BCUT2D eigenvalue weighted by molar-refractivity contribution is 6.74. The highest BCUT2D eigenvalue weighted by Crippen LogP contribution is 2.38. The van der Waals surface area contributed by atoms with Gasteiger partial charge in [0.1, 0.15) is 11.5 Å². The number of hydrogen-bond acceptors (Lipinski definition) is 4. The Bertz CT molecular complexity index is 568.